The zero-order valence-electron chi connectivity index (χ0n) is 37.7. The van der Waals surface area contributed by atoms with Crippen molar-refractivity contribution in [3.05, 3.63) is 71.3 Å². The Kier molecular flexibility index (Phi) is 16.6. The largest absolute Gasteiger partial charge is 0.460 e. The molecule has 3 fully saturated rings. The quantitative estimate of drug-likeness (QED) is 0.240. The van der Waals surface area contributed by atoms with Crippen molar-refractivity contribution >= 4 is 47.1 Å². The molecule has 0 radical (unpaired) electrons. The van der Waals surface area contributed by atoms with Crippen LogP contribution in [0.15, 0.2) is 54.6 Å². The van der Waals surface area contributed by atoms with Crippen molar-refractivity contribution in [1.29, 1.82) is 5.26 Å². The Balaban J connectivity index is 1.60. The predicted molar refractivity (Wildman–Crippen MR) is 233 cm³/mol. The van der Waals surface area contributed by atoms with Crippen molar-refractivity contribution in [2.75, 3.05) is 7.05 Å². The number of carbonyl (C=O) groups is 8. The van der Waals surface area contributed by atoms with E-state index in [2.05, 4.69) is 22.0 Å². The maximum atomic E-state index is 15.0. The Morgan fingerprint density at radius 1 is 0.859 bits per heavy atom. The average Bonchev–Trinajstić information content (AvgIpc) is 4.11. The molecule has 5 amide bonds. The molecule has 16 nitrogen and oxygen atoms in total. The van der Waals surface area contributed by atoms with Crippen LogP contribution in [0.25, 0.3) is 0 Å². The van der Waals surface area contributed by atoms with Gasteiger partial charge in [-0.3, -0.25) is 33.6 Å². The number of cyclic esters (lactones) is 1. The zero-order chi connectivity index (χ0) is 47.0. The molecule has 2 aliphatic heterocycles. The maximum absolute atomic E-state index is 15.0. The number of hydrogen-bond donors (Lipinski definition) is 4. The molecular formula is C48H62N6O10. The van der Waals surface area contributed by atoms with Crippen molar-refractivity contribution in [3.63, 3.8) is 0 Å². The fraction of sp³-hybridized carbons (Fsp3) is 0.562. The maximum Gasteiger partial charge on any atom is 0.329 e. The minimum absolute atomic E-state index is 0.0200. The normalized spacial score (nSPS) is 27.1. The summed E-state index contributed by atoms with van der Waals surface area (Å²) >= 11 is 0. The Bertz CT molecular complexity index is 2120. The Hall–Kier alpha value is -5.95. The fourth-order valence-electron chi connectivity index (χ4n) is 8.38. The first kappa shape index (κ1) is 49.1. The van der Waals surface area contributed by atoms with Gasteiger partial charge in [0.2, 0.25) is 29.5 Å². The van der Waals surface area contributed by atoms with Crippen LogP contribution in [0, 0.1) is 40.9 Å². The van der Waals surface area contributed by atoms with Gasteiger partial charge in [0.05, 0.1) is 29.6 Å². The smallest absolute Gasteiger partial charge is 0.329 e. The van der Waals surface area contributed by atoms with Crippen molar-refractivity contribution < 1.29 is 48.2 Å². The number of aliphatic hydroxyl groups excluding tert-OH is 1. The van der Waals surface area contributed by atoms with E-state index in [1.807, 2.05) is 0 Å². The molecule has 3 aliphatic rings. The number of ether oxygens (including phenoxy) is 1. The molecule has 0 unspecified atom stereocenters. The first-order chi connectivity index (χ1) is 30.3. The lowest BCUT2D eigenvalue weighted by Gasteiger charge is -2.43. The topological polar surface area (TPSA) is 232 Å². The summed E-state index contributed by atoms with van der Waals surface area (Å²) in [6.45, 7) is 9.63. The number of fused-ring (bicyclic) bond motifs is 2. The van der Waals surface area contributed by atoms with Crippen LogP contribution in [0.5, 0.6) is 0 Å². The Morgan fingerprint density at radius 2 is 1.52 bits per heavy atom. The number of Topliss-reactive ketones (excluding diaryl/α,β-unsaturated/α-hetero) is 2. The van der Waals surface area contributed by atoms with Crippen LogP contribution in [0.2, 0.25) is 0 Å². The van der Waals surface area contributed by atoms with Crippen LogP contribution >= 0.6 is 0 Å². The fourth-order valence-corrected chi connectivity index (χ4v) is 8.38. The Labute approximate surface area is 374 Å². The van der Waals surface area contributed by atoms with E-state index in [0.29, 0.717) is 29.5 Å². The molecule has 64 heavy (non-hydrogen) atoms. The van der Waals surface area contributed by atoms with Gasteiger partial charge in [0.25, 0.3) is 0 Å². The van der Waals surface area contributed by atoms with Crippen LogP contribution in [0.4, 0.5) is 0 Å². The molecule has 2 heterocycles. The average molecular weight is 883 g/mol. The number of aliphatic hydroxyl groups is 1. The van der Waals surface area contributed by atoms with Crippen LogP contribution in [-0.4, -0.2) is 112 Å². The number of hydrogen-bond acceptors (Lipinski definition) is 11. The van der Waals surface area contributed by atoms with E-state index in [1.54, 1.807) is 82.3 Å². The molecule has 4 N–H and O–H groups in total. The molecule has 1 saturated carbocycles. The van der Waals surface area contributed by atoms with E-state index in [-0.39, 0.29) is 43.9 Å². The summed E-state index contributed by atoms with van der Waals surface area (Å²) in [7, 11) is 1.41. The number of nitriles is 1. The predicted octanol–water partition coefficient (Wildman–Crippen LogP) is 2.77. The number of amides is 5. The third-order valence-electron chi connectivity index (χ3n) is 12.6. The summed E-state index contributed by atoms with van der Waals surface area (Å²) in [5.41, 5.74) is 1.48. The highest BCUT2D eigenvalue weighted by molar-refractivity contribution is 5.98. The van der Waals surface area contributed by atoms with Crippen LogP contribution in [0.1, 0.15) is 96.8 Å². The molecular weight excluding hydrogens is 821 g/mol. The van der Waals surface area contributed by atoms with Crippen molar-refractivity contribution in [2.45, 2.75) is 135 Å². The second-order valence-electron chi connectivity index (χ2n) is 18.2. The molecule has 1 aliphatic carbocycles. The second kappa shape index (κ2) is 21.6. The number of carbonyl (C=O) groups excluding carboxylic acids is 8. The molecule has 2 bridgehead atoms. The molecule has 2 aromatic carbocycles. The Morgan fingerprint density at radius 3 is 2.14 bits per heavy atom. The number of ketones is 2. The number of esters is 1. The standard InChI is InChI=1S/C48H62N6O10/c1-26(2)41-48(63)64-29(6)35(24-38(55)28(5)50-43(58)27(3)4)44(59)52-42(33-16-17-33)39(56)23-34-18-19-40(57)54(46(34)61)37(22-31-14-11-15-32(20-31)25-49)47(62)53(7)36(45(60)51-41)21-30-12-9-8-10-13-30/h8-15,20,26-29,33-37,40-42,57H,16-19,21-24H2,1-7H3,(H,50,58)(H,51,60)(H,52,59)/t28-,29+,34+,35-,36-,37-,40+,41-,42-/m0/s1. The molecule has 0 spiro atoms. The number of benzene rings is 2. The summed E-state index contributed by atoms with van der Waals surface area (Å²) < 4.78 is 5.92. The van der Waals surface area contributed by atoms with Gasteiger partial charge >= 0.3 is 5.97 Å². The number of piperidine rings is 1. The van der Waals surface area contributed by atoms with Gasteiger partial charge < -0.3 is 35.6 Å². The van der Waals surface area contributed by atoms with Gasteiger partial charge in [0.1, 0.15) is 30.5 Å². The summed E-state index contributed by atoms with van der Waals surface area (Å²) in [5, 5.41) is 29.5. The molecule has 344 valence electrons. The minimum atomic E-state index is -1.44. The SMILES string of the molecule is CC(C)C(=O)N[C@@H](C)C(=O)C[C@@H]1C(=O)N[C@@H](C2CC2)C(=O)C[C@H]2CC[C@@H](O)N(C2=O)[C@@H](Cc2cccc(C#N)c2)C(=O)N(C)[C@@H](Cc2ccccc2)C(=O)N[C@@H](C(C)C)C(=O)O[C@@H]1C. The van der Waals surface area contributed by atoms with Crippen molar-refractivity contribution in [2.24, 2.45) is 29.6 Å². The first-order valence-corrected chi connectivity index (χ1v) is 22.3. The monoisotopic (exact) mass is 882 g/mol. The van der Waals surface area contributed by atoms with Crippen molar-refractivity contribution in [1.82, 2.24) is 25.8 Å². The van der Waals surface area contributed by atoms with Gasteiger partial charge in [-0.1, -0.05) is 70.2 Å². The molecule has 16 heteroatoms. The van der Waals surface area contributed by atoms with Gasteiger partial charge in [-0.15, -0.1) is 0 Å². The molecule has 5 rings (SSSR count). The highest BCUT2D eigenvalue weighted by Gasteiger charge is 2.47. The van der Waals surface area contributed by atoms with E-state index in [1.165, 1.54) is 25.8 Å². The summed E-state index contributed by atoms with van der Waals surface area (Å²) in [4.78, 5) is 115. The summed E-state index contributed by atoms with van der Waals surface area (Å²) in [6, 6.07) is 11.4. The van der Waals surface area contributed by atoms with E-state index < -0.39 is 114 Å². The zero-order valence-corrected chi connectivity index (χ0v) is 37.7. The highest BCUT2D eigenvalue weighted by Crippen LogP contribution is 2.36. The van der Waals surface area contributed by atoms with Gasteiger partial charge in [-0.05, 0) is 74.6 Å². The number of nitrogens with one attached hydrogen (secondary N) is 3. The second-order valence-corrected chi connectivity index (χ2v) is 18.2. The van der Waals surface area contributed by atoms with Crippen LogP contribution in [0.3, 0.4) is 0 Å². The molecule has 9 atom stereocenters. The number of nitrogens with zero attached hydrogens (tertiary/aromatic N) is 3. The highest BCUT2D eigenvalue weighted by atomic mass is 16.5. The van der Waals surface area contributed by atoms with Gasteiger partial charge in [0, 0.05) is 44.6 Å². The third kappa shape index (κ3) is 12.2. The first-order valence-electron chi connectivity index (χ1n) is 22.3. The molecule has 0 aromatic heterocycles. The van der Waals surface area contributed by atoms with E-state index in [9.17, 15) is 43.9 Å². The van der Waals surface area contributed by atoms with Crippen LogP contribution < -0.4 is 16.0 Å². The minimum Gasteiger partial charge on any atom is -0.460 e. The van der Waals surface area contributed by atoms with Gasteiger partial charge in [-0.25, -0.2) is 4.79 Å². The number of rotatable bonds is 11. The summed E-state index contributed by atoms with van der Waals surface area (Å²) in [6.07, 6.45) is -2.33. The van der Waals surface area contributed by atoms with Crippen molar-refractivity contribution in [3.8, 4) is 6.07 Å². The van der Waals surface area contributed by atoms with E-state index in [4.69, 9.17) is 4.74 Å². The number of likely N-dealkylation sites (N-methyl/N-ethyl adjacent to an activating group) is 1. The lowest BCUT2D eigenvalue weighted by Crippen LogP contribution is -2.62. The van der Waals surface area contributed by atoms with Gasteiger partial charge in [0.15, 0.2) is 11.6 Å². The lowest BCUT2D eigenvalue weighted by molar-refractivity contribution is -0.167. The molecule has 2 aromatic rings. The third-order valence-corrected chi connectivity index (χ3v) is 12.6. The summed E-state index contributed by atoms with van der Waals surface area (Å²) in [5.74, 6) is -8.67. The van der Waals surface area contributed by atoms with E-state index >= 15 is 4.79 Å². The van der Waals surface area contributed by atoms with Crippen LogP contribution in [-0.2, 0) is 55.9 Å². The van der Waals surface area contributed by atoms with E-state index in [0.717, 1.165) is 4.90 Å². The molecule has 2 saturated heterocycles. The van der Waals surface area contributed by atoms with Gasteiger partial charge in [-0.2, -0.15) is 5.26 Å². The lowest BCUT2D eigenvalue weighted by atomic mass is 9.86.